The number of nitrogens with zero attached hydrogens (tertiary/aromatic N) is 1. The van der Waals surface area contributed by atoms with E-state index in [1.165, 1.54) is 0 Å². The fourth-order valence-corrected chi connectivity index (χ4v) is 3.18. The molecule has 0 atom stereocenters. The van der Waals surface area contributed by atoms with Gasteiger partial charge in [0.15, 0.2) is 0 Å². The Labute approximate surface area is 146 Å². The van der Waals surface area contributed by atoms with Crippen molar-refractivity contribution in [2.24, 2.45) is 0 Å². The van der Waals surface area contributed by atoms with E-state index in [1.807, 2.05) is 79.9 Å². The molecule has 1 aromatic heterocycles. The number of fused-ring (bicyclic) bond motifs is 1. The maximum absolute atomic E-state index is 13.1. The molecule has 0 bridgehead atoms. The van der Waals surface area contributed by atoms with Crippen LogP contribution in [-0.2, 0) is 0 Å². The Bertz CT molecular complexity index is 1070. The standard InChI is InChI=1S/C23H17NO/c1-16-9-5-6-12-18(16)23(25)22-20-14-8-7-13-19(20)21(15-24-22)17-10-3-2-4-11-17/h2-15H,1H3. The maximum atomic E-state index is 13.1. The van der Waals surface area contributed by atoms with Gasteiger partial charge in [0.25, 0.3) is 0 Å². The summed E-state index contributed by atoms with van der Waals surface area (Å²) < 4.78 is 0. The predicted octanol–water partition coefficient (Wildman–Crippen LogP) is 5.44. The number of rotatable bonds is 3. The minimum Gasteiger partial charge on any atom is -0.287 e. The van der Waals surface area contributed by atoms with E-state index in [0.717, 1.165) is 27.5 Å². The summed E-state index contributed by atoms with van der Waals surface area (Å²) in [6, 6.07) is 25.8. The van der Waals surface area contributed by atoms with E-state index in [4.69, 9.17) is 0 Å². The first-order valence-electron chi connectivity index (χ1n) is 8.29. The first-order chi connectivity index (χ1) is 12.3. The zero-order chi connectivity index (χ0) is 17.2. The van der Waals surface area contributed by atoms with E-state index in [-0.39, 0.29) is 5.78 Å². The number of aromatic nitrogens is 1. The van der Waals surface area contributed by atoms with Gasteiger partial charge in [-0.25, -0.2) is 0 Å². The largest absolute Gasteiger partial charge is 0.287 e. The van der Waals surface area contributed by atoms with Crippen LogP contribution in [0.25, 0.3) is 21.9 Å². The van der Waals surface area contributed by atoms with Crippen molar-refractivity contribution in [2.75, 3.05) is 0 Å². The molecule has 3 aromatic carbocycles. The number of ketones is 1. The summed E-state index contributed by atoms with van der Waals surface area (Å²) >= 11 is 0. The lowest BCUT2D eigenvalue weighted by atomic mass is 9.95. The summed E-state index contributed by atoms with van der Waals surface area (Å²) in [5.74, 6) is -0.0334. The molecular formula is C23H17NO. The van der Waals surface area contributed by atoms with Crippen molar-refractivity contribution in [1.82, 2.24) is 4.98 Å². The van der Waals surface area contributed by atoms with Crippen LogP contribution in [0, 0.1) is 6.92 Å². The molecule has 4 rings (SSSR count). The molecule has 0 saturated heterocycles. The smallest absolute Gasteiger partial charge is 0.212 e. The SMILES string of the molecule is Cc1ccccc1C(=O)c1ncc(-c2ccccc2)c2ccccc12. The topological polar surface area (TPSA) is 30.0 Å². The lowest BCUT2D eigenvalue weighted by Crippen LogP contribution is -2.07. The third-order valence-corrected chi connectivity index (χ3v) is 4.48. The monoisotopic (exact) mass is 323 g/mol. The second kappa shape index (κ2) is 6.33. The molecule has 0 saturated carbocycles. The molecule has 0 N–H and O–H groups in total. The number of hydrogen-bond donors (Lipinski definition) is 0. The molecule has 1 heterocycles. The summed E-state index contributed by atoms with van der Waals surface area (Å²) in [5, 5.41) is 1.93. The van der Waals surface area contributed by atoms with Crippen LogP contribution in [0.4, 0.5) is 0 Å². The highest BCUT2D eigenvalue weighted by Crippen LogP contribution is 2.30. The van der Waals surface area contributed by atoms with Crippen LogP contribution in [0.5, 0.6) is 0 Å². The van der Waals surface area contributed by atoms with E-state index in [1.54, 1.807) is 0 Å². The highest BCUT2D eigenvalue weighted by Gasteiger charge is 2.17. The van der Waals surface area contributed by atoms with Gasteiger partial charge in [0.2, 0.25) is 5.78 Å². The Hall–Kier alpha value is -3.26. The number of aryl methyl sites for hydroxylation is 1. The molecule has 0 aliphatic carbocycles. The summed E-state index contributed by atoms with van der Waals surface area (Å²) in [5.41, 5.74) is 4.31. The van der Waals surface area contributed by atoms with Crippen LogP contribution in [0.1, 0.15) is 21.6 Å². The Morgan fingerprint density at radius 1 is 0.760 bits per heavy atom. The molecule has 2 heteroatoms. The van der Waals surface area contributed by atoms with E-state index in [9.17, 15) is 4.79 Å². The van der Waals surface area contributed by atoms with Gasteiger partial charge in [0.1, 0.15) is 5.69 Å². The van der Waals surface area contributed by atoms with Crippen molar-refractivity contribution in [3.05, 3.63) is 102 Å². The number of pyridine rings is 1. The number of carbonyl (C=O) groups excluding carboxylic acids is 1. The fraction of sp³-hybridized carbons (Fsp3) is 0.0435. The molecule has 0 amide bonds. The van der Waals surface area contributed by atoms with Crippen LogP contribution < -0.4 is 0 Å². The van der Waals surface area contributed by atoms with Gasteiger partial charge in [-0.3, -0.25) is 9.78 Å². The van der Waals surface area contributed by atoms with Crippen LogP contribution in [0.15, 0.2) is 85.1 Å². The van der Waals surface area contributed by atoms with Gasteiger partial charge < -0.3 is 0 Å². The molecule has 2 nitrogen and oxygen atoms in total. The van der Waals surface area contributed by atoms with Gasteiger partial charge in [-0.2, -0.15) is 0 Å². The molecule has 0 aliphatic heterocycles. The first-order valence-corrected chi connectivity index (χ1v) is 8.29. The minimum atomic E-state index is -0.0334. The lowest BCUT2D eigenvalue weighted by Gasteiger charge is -2.11. The highest BCUT2D eigenvalue weighted by atomic mass is 16.1. The predicted molar refractivity (Wildman–Crippen MR) is 102 cm³/mol. The van der Waals surface area contributed by atoms with E-state index >= 15 is 0 Å². The van der Waals surface area contributed by atoms with Crippen LogP contribution >= 0.6 is 0 Å². The Morgan fingerprint density at radius 3 is 2.16 bits per heavy atom. The molecule has 120 valence electrons. The number of benzene rings is 3. The van der Waals surface area contributed by atoms with E-state index < -0.39 is 0 Å². The molecule has 4 aromatic rings. The van der Waals surface area contributed by atoms with Crippen molar-refractivity contribution in [2.45, 2.75) is 6.92 Å². The van der Waals surface area contributed by atoms with Gasteiger partial charge >= 0.3 is 0 Å². The summed E-state index contributed by atoms with van der Waals surface area (Å²) in [6.07, 6.45) is 1.81. The maximum Gasteiger partial charge on any atom is 0.212 e. The Balaban J connectivity index is 1.93. The van der Waals surface area contributed by atoms with E-state index in [2.05, 4.69) is 17.1 Å². The fourth-order valence-electron chi connectivity index (χ4n) is 3.18. The molecule has 0 unspecified atom stereocenters. The van der Waals surface area contributed by atoms with Gasteiger partial charge in [0.05, 0.1) is 0 Å². The molecule has 0 fully saturated rings. The van der Waals surface area contributed by atoms with Crippen molar-refractivity contribution in [3.8, 4) is 11.1 Å². The van der Waals surface area contributed by atoms with Gasteiger partial charge in [-0.15, -0.1) is 0 Å². The zero-order valence-corrected chi connectivity index (χ0v) is 13.9. The van der Waals surface area contributed by atoms with Crippen LogP contribution in [-0.4, -0.2) is 10.8 Å². The third-order valence-electron chi connectivity index (χ3n) is 4.48. The number of carbonyl (C=O) groups is 1. The third kappa shape index (κ3) is 2.72. The van der Waals surface area contributed by atoms with Crippen molar-refractivity contribution < 1.29 is 4.79 Å². The summed E-state index contributed by atoms with van der Waals surface area (Å²) in [4.78, 5) is 17.6. The molecule has 0 aliphatic rings. The number of hydrogen-bond acceptors (Lipinski definition) is 2. The minimum absolute atomic E-state index is 0.0334. The van der Waals surface area contributed by atoms with Crippen LogP contribution in [0.2, 0.25) is 0 Å². The van der Waals surface area contributed by atoms with E-state index in [0.29, 0.717) is 11.3 Å². The van der Waals surface area contributed by atoms with Crippen molar-refractivity contribution >= 4 is 16.6 Å². The second-order valence-electron chi connectivity index (χ2n) is 6.08. The Morgan fingerprint density at radius 2 is 1.40 bits per heavy atom. The average molecular weight is 323 g/mol. The van der Waals surface area contributed by atoms with Crippen LogP contribution in [0.3, 0.4) is 0 Å². The average Bonchev–Trinajstić information content (AvgIpc) is 2.68. The Kier molecular flexibility index (Phi) is 3.87. The quantitative estimate of drug-likeness (QED) is 0.470. The molecule has 0 spiro atoms. The summed E-state index contributed by atoms with van der Waals surface area (Å²) in [7, 11) is 0. The summed E-state index contributed by atoms with van der Waals surface area (Å²) in [6.45, 7) is 1.95. The van der Waals surface area contributed by atoms with Gasteiger partial charge in [-0.05, 0) is 23.4 Å². The zero-order valence-electron chi connectivity index (χ0n) is 13.9. The van der Waals surface area contributed by atoms with Gasteiger partial charge in [-0.1, -0.05) is 78.9 Å². The lowest BCUT2D eigenvalue weighted by molar-refractivity contribution is 0.103. The van der Waals surface area contributed by atoms with Crippen molar-refractivity contribution in [1.29, 1.82) is 0 Å². The normalized spacial score (nSPS) is 10.8. The van der Waals surface area contributed by atoms with Gasteiger partial charge in [0, 0.05) is 22.7 Å². The van der Waals surface area contributed by atoms with Crippen molar-refractivity contribution in [3.63, 3.8) is 0 Å². The second-order valence-corrected chi connectivity index (χ2v) is 6.08. The molecule has 25 heavy (non-hydrogen) atoms. The highest BCUT2D eigenvalue weighted by molar-refractivity contribution is 6.17. The first kappa shape index (κ1) is 15.3. The molecular weight excluding hydrogens is 306 g/mol. The molecule has 0 radical (unpaired) electrons.